The average molecular weight is 286 g/mol. The third-order valence-electron chi connectivity index (χ3n) is 2.70. The van der Waals surface area contributed by atoms with E-state index in [1.54, 1.807) is 11.8 Å². The molecule has 0 aliphatic carbocycles. The molecule has 18 heavy (non-hydrogen) atoms. The fourth-order valence-corrected chi connectivity index (χ4v) is 2.67. The highest BCUT2D eigenvalue weighted by atomic mass is 35.5. The van der Waals surface area contributed by atoms with Crippen molar-refractivity contribution in [2.45, 2.75) is 37.6 Å². The van der Waals surface area contributed by atoms with E-state index in [1.165, 1.54) is 16.0 Å². The van der Waals surface area contributed by atoms with Gasteiger partial charge in [0.05, 0.1) is 0 Å². The molecule has 0 aliphatic rings. The molecule has 4 heteroatoms. The van der Waals surface area contributed by atoms with E-state index in [-0.39, 0.29) is 17.3 Å². The number of carbonyl (C=O) groups is 1. The van der Waals surface area contributed by atoms with E-state index in [1.807, 2.05) is 13.8 Å². The van der Waals surface area contributed by atoms with Crippen LogP contribution in [0.15, 0.2) is 23.1 Å². The van der Waals surface area contributed by atoms with Crippen LogP contribution < -0.4 is 5.32 Å². The van der Waals surface area contributed by atoms with Gasteiger partial charge in [0, 0.05) is 10.4 Å². The molecule has 0 spiro atoms. The highest BCUT2D eigenvalue weighted by Crippen LogP contribution is 2.22. The number of amides is 1. The van der Waals surface area contributed by atoms with E-state index in [2.05, 4.69) is 36.7 Å². The quantitative estimate of drug-likeness (QED) is 0.664. The molecule has 0 aromatic heterocycles. The number of benzene rings is 1. The lowest BCUT2D eigenvalue weighted by atomic mass is 9.94. The molecule has 0 saturated heterocycles. The first-order valence-corrected chi connectivity index (χ1v) is 7.64. The Hall–Kier alpha value is -0.670. The van der Waals surface area contributed by atoms with Crippen molar-refractivity contribution >= 4 is 29.3 Å². The number of hydrogen-bond acceptors (Lipinski definition) is 2. The van der Waals surface area contributed by atoms with Crippen molar-refractivity contribution in [3.8, 4) is 0 Å². The number of rotatable bonds is 5. The van der Waals surface area contributed by atoms with E-state index < -0.39 is 0 Å². The zero-order valence-corrected chi connectivity index (χ0v) is 12.9. The van der Waals surface area contributed by atoms with E-state index in [0.717, 1.165) is 6.42 Å². The first-order chi connectivity index (χ1) is 8.38. The van der Waals surface area contributed by atoms with Crippen LogP contribution in [-0.2, 0) is 11.2 Å². The molecule has 2 nitrogen and oxygen atoms in total. The Morgan fingerprint density at radius 1 is 1.44 bits per heavy atom. The second-order valence-electron chi connectivity index (χ2n) is 5.05. The summed E-state index contributed by atoms with van der Waals surface area (Å²) in [4.78, 5) is 12.6. The summed E-state index contributed by atoms with van der Waals surface area (Å²) in [6.45, 7) is 6.13. The molecule has 0 aliphatic heterocycles. The summed E-state index contributed by atoms with van der Waals surface area (Å²) >= 11 is 7.26. The average Bonchev–Trinajstić information content (AvgIpc) is 2.27. The van der Waals surface area contributed by atoms with Crippen LogP contribution in [0.25, 0.3) is 0 Å². The van der Waals surface area contributed by atoms with Gasteiger partial charge in [-0.05, 0) is 50.6 Å². The maximum Gasteiger partial charge on any atom is 0.235 e. The van der Waals surface area contributed by atoms with Crippen molar-refractivity contribution in [1.82, 2.24) is 5.32 Å². The van der Waals surface area contributed by atoms with Gasteiger partial charge in [-0.1, -0.05) is 12.1 Å². The van der Waals surface area contributed by atoms with Gasteiger partial charge in [-0.2, -0.15) is 0 Å². The Morgan fingerprint density at radius 2 is 2.11 bits per heavy atom. The normalized spacial score (nSPS) is 11.4. The van der Waals surface area contributed by atoms with Crippen LogP contribution in [0.2, 0.25) is 0 Å². The van der Waals surface area contributed by atoms with Gasteiger partial charge in [-0.15, -0.1) is 23.4 Å². The first kappa shape index (κ1) is 15.4. The number of hydrogen-bond donors (Lipinski definition) is 1. The third-order valence-corrected chi connectivity index (χ3v) is 3.85. The lowest BCUT2D eigenvalue weighted by Gasteiger charge is -2.26. The topological polar surface area (TPSA) is 29.1 Å². The van der Waals surface area contributed by atoms with Crippen LogP contribution in [0.5, 0.6) is 0 Å². The van der Waals surface area contributed by atoms with Crippen molar-refractivity contribution in [3.63, 3.8) is 0 Å². The SMILES string of the molecule is CSc1ccc(CC(C)(C)NC(=O)CCl)cc1C. The van der Waals surface area contributed by atoms with Crippen molar-refractivity contribution < 1.29 is 4.79 Å². The molecule has 0 heterocycles. The fourth-order valence-electron chi connectivity index (χ4n) is 2.02. The highest BCUT2D eigenvalue weighted by Gasteiger charge is 2.20. The van der Waals surface area contributed by atoms with Crippen LogP contribution >= 0.6 is 23.4 Å². The predicted octanol–water partition coefficient (Wildman–Crippen LogP) is 3.39. The number of alkyl halides is 1. The molecule has 1 amide bonds. The summed E-state index contributed by atoms with van der Waals surface area (Å²) in [7, 11) is 0. The van der Waals surface area contributed by atoms with Gasteiger partial charge in [0.15, 0.2) is 0 Å². The van der Waals surface area contributed by atoms with Crippen LogP contribution in [-0.4, -0.2) is 23.6 Å². The van der Waals surface area contributed by atoms with Gasteiger partial charge in [-0.3, -0.25) is 4.79 Å². The number of nitrogens with one attached hydrogen (secondary N) is 1. The fraction of sp³-hybridized carbons (Fsp3) is 0.500. The summed E-state index contributed by atoms with van der Waals surface area (Å²) in [6, 6.07) is 6.43. The smallest absolute Gasteiger partial charge is 0.235 e. The Kier molecular flexibility index (Phi) is 5.54. The molecule has 1 N–H and O–H groups in total. The van der Waals surface area contributed by atoms with Gasteiger partial charge >= 0.3 is 0 Å². The minimum atomic E-state index is -0.278. The predicted molar refractivity (Wildman–Crippen MR) is 79.6 cm³/mol. The number of halogens is 1. The highest BCUT2D eigenvalue weighted by molar-refractivity contribution is 7.98. The monoisotopic (exact) mass is 285 g/mol. The zero-order valence-electron chi connectivity index (χ0n) is 11.3. The second kappa shape index (κ2) is 6.48. The van der Waals surface area contributed by atoms with Crippen LogP contribution in [0, 0.1) is 6.92 Å². The summed E-state index contributed by atoms with van der Waals surface area (Å²) in [5.41, 5.74) is 2.23. The lowest BCUT2D eigenvalue weighted by Crippen LogP contribution is -2.45. The summed E-state index contributed by atoms with van der Waals surface area (Å²) in [5, 5.41) is 2.93. The zero-order chi connectivity index (χ0) is 13.8. The molecule has 0 bridgehead atoms. The first-order valence-electron chi connectivity index (χ1n) is 5.88. The van der Waals surface area contributed by atoms with Crippen molar-refractivity contribution in [1.29, 1.82) is 0 Å². The van der Waals surface area contributed by atoms with Crippen LogP contribution in [0.4, 0.5) is 0 Å². The maximum absolute atomic E-state index is 11.3. The van der Waals surface area contributed by atoms with Crippen molar-refractivity contribution in [2.75, 3.05) is 12.1 Å². The number of aryl methyl sites for hydroxylation is 1. The molecule has 100 valence electrons. The minimum Gasteiger partial charge on any atom is -0.350 e. The lowest BCUT2D eigenvalue weighted by molar-refractivity contribution is -0.120. The van der Waals surface area contributed by atoms with Gasteiger partial charge < -0.3 is 5.32 Å². The molecule has 0 fully saturated rings. The number of thioether (sulfide) groups is 1. The van der Waals surface area contributed by atoms with Gasteiger partial charge in [0.1, 0.15) is 5.88 Å². The van der Waals surface area contributed by atoms with E-state index >= 15 is 0 Å². The van der Waals surface area contributed by atoms with Gasteiger partial charge in [0.25, 0.3) is 0 Å². The summed E-state index contributed by atoms with van der Waals surface area (Å²) in [5.74, 6) is -0.118. The number of carbonyl (C=O) groups excluding carboxylic acids is 1. The largest absolute Gasteiger partial charge is 0.350 e. The van der Waals surface area contributed by atoms with Crippen LogP contribution in [0.1, 0.15) is 25.0 Å². The summed E-state index contributed by atoms with van der Waals surface area (Å²) < 4.78 is 0. The third kappa shape index (κ3) is 4.54. The molecular weight excluding hydrogens is 266 g/mol. The van der Waals surface area contributed by atoms with E-state index in [0.29, 0.717) is 0 Å². The molecule has 0 radical (unpaired) electrons. The molecular formula is C14H20ClNOS. The molecule has 1 aromatic carbocycles. The standard InChI is InChI=1S/C14H20ClNOS/c1-10-7-11(5-6-12(10)18-4)8-14(2,3)16-13(17)9-15/h5-7H,8-9H2,1-4H3,(H,16,17). The molecule has 1 aromatic rings. The Morgan fingerprint density at radius 3 is 2.61 bits per heavy atom. The van der Waals surface area contributed by atoms with Crippen LogP contribution in [0.3, 0.4) is 0 Å². The summed E-state index contributed by atoms with van der Waals surface area (Å²) in [6.07, 6.45) is 2.87. The Bertz CT molecular complexity index is 432. The Balaban J connectivity index is 2.77. The van der Waals surface area contributed by atoms with Gasteiger partial charge in [-0.25, -0.2) is 0 Å². The molecule has 0 atom stereocenters. The van der Waals surface area contributed by atoms with Crippen molar-refractivity contribution in [3.05, 3.63) is 29.3 Å². The van der Waals surface area contributed by atoms with Gasteiger partial charge in [0.2, 0.25) is 5.91 Å². The Labute approximate surface area is 118 Å². The molecule has 1 rings (SSSR count). The molecule has 0 unspecified atom stereocenters. The molecule has 0 saturated carbocycles. The maximum atomic E-state index is 11.3. The van der Waals surface area contributed by atoms with E-state index in [4.69, 9.17) is 11.6 Å². The van der Waals surface area contributed by atoms with E-state index in [9.17, 15) is 4.79 Å². The van der Waals surface area contributed by atoms with Crippen molar-refractivity contribution in [2.24, 2.45) is 0 Å². The second-order valence-corrected chi connectivity index (χ2v) is 6.16. The minimum absolute atomic E-state index is 0.00781.